The summed E-state index contributed by atoms with van der Waals surface area (Å²) in [6.45, 7) is 0.465. The lowest BCUT2D eigenvalue weighted by molar-refractivity contribution is 0.0712. The molecule has 0 aliphatic heterocycles. The molecule has 1 fully saturated rings. The number of hydrogen-bond acceptors (Lipinski definition) is 4. The first-order chi connectivity index (χ1) is 9.25. The van der Waals surface area contributed by atoms with Crippen LogP contribution in [0.5, 0.6) is 0 Å². The van der Waals surface area contributed by atoms with Gasteiger partial charge in [-0.3, -0.25) is 4.79 Å². The summed E-state index contributed by atoms with van der Waals surface area (Å²) in [5.41, 5.74) is 6.55. The number of amides is 1. The predicted octanol–water partition coefficient (Wildman–Crippen LogP) is 2.06. The summed E-state index contributed by atoms with van der Waals surface area (Å²) in [4.78, 5) is 18.4. The van der Waals surface area contributed by atoms with E-state index in [1.807, 2.05) is 12.1 Å². The Bertz CT molecular complexity index is 576. The van der Waals surface area contributed by atoms with Crippen molar-refractivity contribution in [1.29, 1.82) is 0 Å². The molecule has 5 heteroatoms. The van der Waals surface area contributed by atoms with Gasteiger partial charge in [0.1, 0.15) is 5.76 Å². The number of carbonyl (C=O) groups is 1. The van der Waals surface area contributed by atoms with Crippen molar-refractivity contribution < 1.29 is 9.21 Å². The average Bonchev–Trinajstić information content (AvgIpc) is 3.13. The van der Waals surface area contributed by atoms with Gasteiger partial charge in [0.05, 0.1) is 18.5 Å². The van der Waals surface area contributed by atoms with Crippen molar-refractivity contribution in [1.82, 2.24) is 9.88 Å². The van der Waals surface area contributed by atoms with Crippen LogP contribution in [-0.4, -0.2) is 21.8 Å². The molecule has 1 aliphatic rings. The minimum absolute atomic E-state index is 0.128. The van der Waals surface area contributed by atoms with Crippen molar-refractivity contribution in [3.63, 3.8) is 0 Å². The molecule has 19 heavy (non-hydrogen) atoms. The van der Waals surface area contributed by atoms with Gasteiger partial charge in [-0.25, -0.2) is 4.98 Å². The molecular formula is C14H15N3O2. The van der Waals surface area contributed by atoms with Gasteiger partial charge in [-0.2, -0.15) is 0 Å². The third kappa shape index (κ3) is 2.45. The van der Waals surface area contributed by atoms with Crippen LogP contribution in [0.1, 0.15) is 29.1 Å². The van der Waals surface area contributed by atoms with Crippen LogP contribution in [0, 0.1) is 0 Å². The zero-order valence-corrected chi connectivity index (χ0v) is 10.5. The van der Waals surface area contributed by atoms with Gasteiger partial charge in [0.15, 0.2) is 5.69 Å². The number of hydrogen-bond donors (Lipinski definition) is 1. The monoisotopic (exact) mass is 257 g/mol. The van der Waals surface area contributed by atoms with Gasteiger partial charge >= 0.3 is 0 Å². The smallest absolute Gasteiger partial charge is 0.275 e. The van der Waals surface area contributed by atoms with Gasteiger partial charge in [0.2, 0.25) is 0 Å². The van der Waals surface area contributed by atoms with Crippen LogP contribution >= 0.6 is 0 Å². The lowest BCUT2D eigenvalue weighted by atomic mass is 10.2. The maximum Gasteiger partial charge on any atom is 0.275 e. The highest BCUT2D eigenvalue weighted by atomic mass is 16.3. The van der Waals surface area contributed by atoms with Gasteiger partial charge in [-0.1, -0.05) is 0 Å². The van der Waals surface area contributed by atoms with Crippen LogP contribution in [0.15, 0.2) is 41.1 Å². The fraction of sp³-hybridized carbons (Fsp3) is 0.286. The van der Waals surface area contributed by atoms with Crippen molar-refractivity contribution in [2.75, 3.05) is 5.73 Å². The molecule has 2 aromatic rings. The Kier molecular flexibility index (Phi) is 2.95. The standard InChI is InChI=1S/C14H15N3O2/c15-12-4-1-7-16-13(12)14(18)17(10-5-6-10)9-11-3-2-8-19-11/h1-4,7-8,10H,5-6,9,15H2. The van der Waals surface area contributed by atoms with Gasteiger partial charge < -0.3 is 15.1 Å². The molecule has 0 atom stereocenters. The highest BCUT2D eigenvalue weighted by Crippen LogP contribution is 2.30. The quantitative estimate of drug-likeness (QED) is 0.910. The SMILES string of the molecule is Nc1cccnc1C(=O)N(Cc1ccco1)C1CC1. The molecule has 98 valence electrons. The maximum absolute atomic E-state index is 12.5. The highest BCUT2D eigenvalue weighted by molar-refractivity contribution is 5.97. The zero-order chi connectivity index (χ0) is 13.2. The number of aromatic nitrogens is 1. The Hall–Kier alpha value is -2.30. The first-order valence-corrected chi connectivity index (χ1v) is 6.29. The minimum atomic E-state index is -0.128. The minimum Gasteiger partial charge on any atom is -0.467 e. The molecule has 0 unspecified atom stereocenters. The number of pyridine rings is 1. The summed E-state index contributed by atoms with van der Waals surface area (Å²) in [6.07, 6.45) is 5.25. The number of nitrogens with two attached hydrogens (primary N) is 1. The normalized spacial score (nSPS) is 14.3. The largest absolute Gasteiger partial charge is 0.467 e. The summed E-state index contributed by atoms with van der Waals surface area (Å²) < 4.78 is 5.31. The van der Waals surface area contributed by atoms with Crippen molar-refractivity contribution in [3.8, 4) is 0 Å². The van der Waals surface area contributed by atoms with E-state index < -0.39 is 0 Å². The topological polar surface area (TPSA) is 72.4 Å². The van der Waals surface area contributed by atoms with E-state index in [9.17, 15) is 4.79 Å². The first-order valence-electron chi connectivity index (χ1n) is 6.29. The second kappa shape index (κ2) is 4.76. The van der Waals surface area contributed by atoms with Gasteiger partial charge in [-0.05, 0) is 37.1 Å². The van der Waals surface area contributed by atoms with E-state index in [1.54, 1.807) is 29.5 Å². The van der Waals surface area contributed by atoms with Gasteiger partial charge in [-0.15, -0.1) is 0 Å². The number of anilines is 1. The Morgan fingerprint density at radius 1 is 1.42 bits per heavy atom. The summed E-state index contributed by atoms with van der Waals surface area (Å²) in [6, 6.07) is 7.38. The molecule has 0 saturated heterocycles. The van der Waals surface area contributed by atoms with Crippen molar-refractivity contribution in [2.24, 2.45) is 0 Å². The first kappa shape index (κ1) is 11.8. The van der Waals surface area contributed by atoms with E-state index in [2.05, 4.69) is 4.98 Å². The fourth-order valence-electron chi connectivity index (χ4n) is 2.06. The van der Waals surface area contributed by atoms with Crippen molar-refractivity contribution >= 4 is 11.6 Å². The molecule has 0 aromatic carbocycles. The van der Waals surface area contributed by atoms with Crippen LogP contribution in [0.4, 0.5) is 5.69 Å². The number of carbonyl (C=O) groups excluding carboxylic acids is 1. The van der Waals surface area contributed by atoms with Crippen LogP contribution < -0.4 is 5.73 Å². The van der Waals surface area contributed by atoms with Crippen LogP contribution in [-0.2, 0) is 6.54 Å². The number of furan rings is 1. The van der Waals surface area contributed by atoms with E-state index in [1.165, 1.54) is 0 Å². The average molecular weight is 257 g/mol. The summed E-state index contributed by atoms with van der Waals surface area (Å²) >= 11 is 0. The van der Waals surface area contributed by atoms with E-state index in [0.717, 1.165) is 18.6 Å². The Morgan fingerprint density at radius 3 is 2.89 bits per heavy atom. The van der Waals surface area contributed by atoms with E-state index >= 15 is 0 Å². The van der Waals surface area contributed by atoms with Crippen LogP contribution in [0.3, 0.4) is 0 Å². The number of rotatable bonds is 4. The highest BCUT2D eigenvalue weighted by Gasteiger charge is 2.34. The number of nitrogens with zero attached hydrogens (tertiary/aromatic N) is 2. The van der Waals surface area contributed by atoms with E-state index in [0.29, 0.717) is 17.9 Å². The molecule has 2 N–H and O–H groups in total. The van der Waals surface area contributed by atoms with Gasteiger partial charge in [0.25, 0.3) is 5.91 Å². The lowest BCUT2D eigenvalue weighted by Crippen LogP contribution is -2.33. The van der Waals surface area contributed by atoms with Crippen molar-refractivity contribution in [2.45, 2.75) is 25.4 Å². The number of nitrogen functional groups attached to an aromatic ring is 1. The molecule has 5 nitrogen and oxygen atoms in total. The third-order valence-corrected chi connectivity index (χ3v) is 3.20. The molecule has 0 spiro atoms. The molecule has 0 bridgehead atoms. The maximum atomic E-state index is 12.5. The van der Waals surface area contributed by atoms with E-state index in [-0.39, 0.29) is 11.9 Å². The molecule has 1 saturated carbocycles. The van der Waals surface area contributed by atoms with Crippen LogP contribution in [0.2, 0.25) is 0 Å². The third-order valence-electron chi connectivity index (χ3n) is 3.20. The molecule has 3 rings (SSSR count). The Morgan fingerprint density at radius 2 is 2.26 bits per heavy atom. The van der Waals surface area contributed by atoms with Gasteiger partial charge in [0, 0.05) is 12.2 Å². The summed E-state index contributed by atoms with van der Waals surface area (Å²) in [7, 11) is 0. The fourth-order valence-corrected chi connectivity index (χ4v) is 2.06. The molecule has 2 aromatic heterocycles. The van der Waals surface area contributed by atoms with Crippen LogP contribution in [0.25, 0.3) is 0 Å². The molecule has 0 radical (unpaired) electrons. The molecule has 2 heterocycles. The second-order valence-corrected chi connectivity index (χ2v) is 4.68. The van der Waals surface area contributed by atoms with Crippen molar-refractivity contribution in [3.05, 3.63) is 48.2 Å². The molecular weight excluding hydrogens is 242 g/mol. The second-order valence-electron chi connectivity index (χ2n) is 4.68. The molecule has 1 aliphatic carbocycles. The van der Waals surface area contributed by atoms with E-state index in [4.69, 9.17) is 10.2 Å². The summed E-state index contributed by atoms with van der Waals surface area (Å²) in [5.74, 6) is 0.645. The Labute approximate surface area is 111 Å². The predicted molar refractivity (Wildman–Crippen MR) is 70.3 cm³/mol. The zero-order valence-electron chi connectivity index (χ0n) is 10.5. The summed E-state index contributed by atoms with van der Waals surface area (Å²) in [5, 5.41) is 0. The molecule has 1 amide bonds. The Balaban J connectivity index is 1.84. The lowest BCUT2D eigenvalue weighted by Gasteiger charge is -2.21.